The van der Waals surface area contributed by atoms with Gasteiger partial charge in [-0.15, -0.1) is 0 Å². The van der Waals surface area contributed by atoms with Crippen LogP contribution in [0.1, 0.15) is 21.6 Å². The van der Waals surface area contributed by atoms with Crippen LogP contribution >= 0.6 is 0 Å². The van der Waals surface area contributed by atoms with Crippen LogP contribution in [-0.2, 0) is 0 Å². The third kappa shape index (κ3) is 2.85. The van der Waals surface area contributed by atoms with Crippen molar-refractivity contribution in [3.8, 4) is 11.9 Å². The number of nitrogens with zero attached hydrogens (tertiary/aromatic N) is 4. The maximum Gasteiger partial charge on any atom is 0.259 e. The lowest BCUT2D eigenvalue weighted by Crippen LogP contribution is -2.13. The van der Waals surface area contributed by atoms with Crippen molar-refractivity contribution < 1.29 is 9.18 Å². The van der Waals surface area contributed by atoms with Gasteiger partial charge < -0.3 is 5.32 Å². The third-order valence-electron chi connectivity index (χ3n) is 3.47. The average Bonchev–Trinajstić information content (AvgIpc) is 2.97. The monoisotopic (exact) mass is 321 g/mol. The Morgan fingerprint density at radius 1 is 1.33 bits per heavy atom. The number of hydrogen-bond acceptors (Lipinski definition) is 4. The molecule has 2 aromatic heterocycles. The summed E-state index contributed by atoms with van der Waals surface area (Å²) in [6, 6.07) is 11.0. The van der Waals surface area contributed by atoms with Gasteiger partial charge in [-0.3, -0.25) is 4.79 Å². The molecule has 2 heterocycles. The van der Waals surface area contributed by atoms with Crippen molar-refractivity contribution in [3.63, 3.8) is 0 Å². The van der Waals surface area contributed by atoms with Gasteiger partial charge in [0.1, 0.15) is 11.9 Å². The summed E-state index contributed by atoms with van der Waals surface area (Å²) in [5.74, 6) is -0.506. The molecule has 0 unspecified atom stereocenters. The standard InChI is InChI=1S/C17H12FN5O/c1-11-14(10-21-23(11)16-4-2-3-7-20-16)17(24)22-13-6-5-12(9-19)15(18)8-13/h2-8,10H,1H3,(H,22,24). The van der Waals surface area contributed by atoms with E-state index in [9.17, 15) is 9.18 Å². The molecule has 0 aliphatic heterocycles. The molecule has 0 aliphatic carbocycles. The maximum absolute atomic E-state index is 13.6. The number of hydrogen-bond donors (Lipinski definition) is 1. The molecule has 0 atom stereocenters. The lowest BCUT2D eigenvalue weighted by molar-refractivity contribution is 0.102. The van der Waals surface area contributed by atoms with Gasteiger partial charge in [-0.2, -0.15) is 10.4 Å². The highest BCUT2D eigenvalue weighted by atomic mass is 19.1. The molecule has 3 aromatic rings. The molecule has 24 heavy (non-hydrogen) atoms. The van der Waals surface area contributed by atoms with Crippen LogP contribution in [-0.4, -0.2) is 20.7 Å². The SMILES string of the molecule is Cc1c(C(=O)Nc2ccc(C#N)c(F)c2)cnn1-c1ccccn1. The predicted molar refractivity (Wildman–Crippen MR) is 85.2 cm³/mol. The topological polar surface area (TPSA) is 83.6 Å². The van der Waals surface area contributed by atoms with Crippen LogP contribution in [0, 0.1) is 24.1 Å². The molecule has 1 N–H and O–H groups in total. The molecular formula is C17H12FN5O. The van der Waals surface area contributed by atoms with Crippen LogP contribution in [0.5, 0.6) is 0 Å². The highest BCUT2D eigenvalue weighted by Crippen LogP contribution is 2.17. The largest absolute Gasteiger partial charge is 0.322 e. The van der Waals surface area contributed by atoms with E-state index in [1.807, 2.05) is 6.07 Å². The van der Waals surface area contributed by atoms with Crippen LogP contribution in [0.4, 0.5) is 10.1 Å². The van der Waals surface area contributed by atoms with Gasteiger partial charge >= 0.3 is 0 Å². The minimum absolute atomic E-state index is 0.0767. The summed E-state index contributed by atoms with van der Waals surface area (Å²) in [7, 11) is 0. The summed E-state index contributed by atoms with van der Waals surface area (Å²) in [4.78, 5) is 16.6. The fourth-order valence-electron chi connectivity index (χ4n) is 2.22. The van der Waals surface area contributed by atoms with Crippen molar-refractivity contribution in [1.29, 1.82) is 5.26 Å². The lowest BCUT2D eigenvalue weighted by Gasteiger charge is -2.06. The molecule has 6 nitrogen and oxygen atoms in total. The Labute approximate surface area is 137 Å². The van der Waals surface area contributed by atoms with Crippen molar-refractivity contribution in [2.24, 2.45) is 0 Å². The Bertz CT molecular complexity index is 943. The van der Waals surface area contributed by atoms with Gasteiger partial charge in [-0.1, -0.05) is 6.07 Å². The number of benzene rings is 1. The summed E-state index contributed by atoms with van der Waals surface area (Å²) < 4.78 is 15.2. The normalized spacial score (nSPS) is 10.2. The first-order chi connectivity index (χ1) is 11.6. The van der Waals surface area contributed by atoms with Crippen molar-refractivity contribution in [2.75, 3.05) is 5.32 Å². The molecule has 0 spiro atoms. The summed E-state index contributed by atoms with van der Waals surface area (Å²) >= 11 is 0. The number of aromatic nitrogens is 3. The van der Waals surface area contributed by atoms with E-state index in [1.54, 1.807) is 36.0 Å². The number of anilines is 1. The Kier molecular flexibility index (Phi) is 4.03. The number of nitrogens with one attached hydrogen (secondary N) is 1. The number of pyridine rings is 1. The zero-order valence-corrected chi connectivity index (χ0v) is 12.7. The summed E-state index contributed by atoms with van der Waals surface area (Å²) in [5, 5.41) is 15.5. The molecule has 1 aromatic carbocycles. The van der Waals surface area contributed by atoms with E-state index in [0.717, 1.165) is 6.07 Å². The lowest BCUT2D eigenvalue weighted by atomic mass is 10.2. The molecule has 0 fully saturated rings. The molecule has 0 saturated heterocycles. The highest BCUT2D eigenvalue weighted by molar-refractivity contribution is 6.05. The second-order valence-electron chi connectivity index (χ2n) is 5.00. The van der Waals surface area contributed by atoms with Gasteiger partial charge in [0.05, 0.1) is 23.0 Å². The van der Waals surface area contributed by atoms with Crippen molar-refractivity contribution in [1.82, 2.24) is 14.8 Å². The fourth-order valence-corrected chi connectivity index (χ4v) is 2.22. The first-order valence-corrected chi connectivity index (χ1v) is 7.07. The van der Waals surface area contributed by atoms with E-state index in [0.29, 0.717) is 17.1 Å². The van der Waals surface area contributed by atoms with Crippen molar-refractivity contribution in [3.05, 3.63) is 71.4 Å². The van der Waals surface area contributed by atoms with Gasteiger partial charge in [-0.05, 0) is 37.3 Å². The number of carbonyl (C=O) groups excluding carboxylic acids is 1. The zero-order valence-electron chi connectivity index (χ0n) is 12.7. The Balaban J connectivity index is 1.85. The average molecular weight is 321 g/mol. The van der Waals surface area contributed by atoms with Gasteiger partial charge in [-0.25, -0.2) is 14.1 Å². The number of carbonyl (C=O) groups is 1. The third-order valence-corrected chi connectivity index (χ3v) is 3.47. The summed E-state index contributed by atoms with van der Waals surface area (Å²) in [6.45, 7) is 1.75. The number of halogens is 1. The molecule has 0 radical (unpaired) electrons. The molecule has 0 bridgehead atoms. The van der Waals surface area contributed by atoms with Gasteiger partial charge in [0.25, 0.3) is 5.91 Å². The second kappa shape index (κ2) is 6.30. The van der Waals surface area contributed by atoms with Gasteiger partial charge in [0.15, 0.2) is 5.82 Å². The molecule has 7 heteroatoms. The predicted octanol–water partition coefficient (Wildman–Crippen LogP) is 2.84. The zero-order chi connectivity index (χ0) is 17.1. The van der Waals surface area contributed by atoms with E-state index in [1.165, 1.54) is 18.3 Å². The van der Waals surface area contributed by atoms with Crippen LogP contribution in [0.15, 0.2) is 48.8 Å². The first kappa shape index (κ1) is 15.4. The molecular weight excluding hydrogens is 309 g/mol. The number of amides is 1. The summed E-state index contributed by atoms with van der Waals surface area (Å²) in [6.07, 6.45) is 3.06. The highest BCUT2D eigenvalue weighted by Gasteiger charge is 2.16. The minimum atomic E-state index is -0.684. The number of nitriles is 1. The van der Waals surface area contributed by atoms with E-state index in [-0.39, 0.29) is 11.3 Å². The first-order valence-electron chi connectivity index (χ1n) is 7.07. The van der Waals surface area contributed by atoms with E-state index in [4.69, 9.17) is 5.26 Å². The molecule has 0 saturated carbocycles. The van der Waals surface area contributed by atoms with Crippen LogP contribution in [0.2, 0.25) is 0 Å². The molecule has 0 aliphatic rings. The van der Waals surface area contributed by atoms with Gasteiger partial charge in [0, 0.05) is 11.9 Å². The fraction of sp³-hybridized carbons (Fsp3) is 0.0588. The maximum atomic E-state index is 13.6. The van der Waals surface area contributed by atoms with Crippen molar-refractivity contribution >= 4 is 11.6 Å². The van der Waals surface area contributed by atoms with Crippen LogP contribution in [0.25, 0.3) is 5.82 Å². The minimum Gasteiger partial charge on any atom is -0.322 e. The van der Waals surface area contributed by atoms with Gasteiger partial charge in [0.2, 0.25) is 0 Å². The molecule has 1 amide bonds. The smallest absolute Gasteiger partial charge is 0.259 e. The van der Waals surface area contributed by atoms with E-state index < -0.39 is 11.7 Å². The number of rotatable bonds is 3. The van der Waals surface area contributed by atoms with Crippen LogP contribution < -0.4 is 5.32 Å². The van der Waals surface area contributed by atoms with Crippen LogP contribution in [0.3, 0.4) is 0 Å². The van der Waals surface area contributed by atoms with E-state index >= 15 is 0 Å². The molecule has 3 rings (SSSR count). The van der Waals surface area contributed by atoms with Crippen molar-refractivity contribution in [2.45, 2.75) is 6.92 Å². The molecule has 118 valence electrons. The Morgan fingerprint density at radius 2 is 2.17 bits per heavy atom. The quantitative estimate of drug-likeness (QED) is 0.804. The van der Waals surface area contributed by atoms with E-state index in [2.05, 4.69) is 15.4 Å². The second-order valence-corrected chi connectivity index (χ2v) is 5.00. The summed E-state index contributed by atoms with van der Waals surface area (Å²) in [5.41, 5.74) is 1.15. The Morgan fingerprint density at radius 3 is 2.83 bits per heavy atom. The Hall–Kier alpha value is -3.53.